The zero-order chi connectivity index (χ0) is 9.84. The number of nitrogens with one attached hydrogen (secondary N) is 1. The zero-order valence-corrected chi connectivity index (χ0v) is 7.92. The van der Waals surface area contributed by atoms with E-state index in [-0.39, 0.29) is 12.5 Å². The van der Waals surface area contributed by atoms with Crippen LogP contribution < -0.4 is 11.1 Å². The van der Waals surface area contributed by atoms with E-state index in [0.717, 1.165) is 16.8 Å². The molecule has 0 fully saturated rings. The van der Waals surface area contributed by atoms with Gasteiger partial charge in [-0.25, -0.2) is 0 Å². The fourth-order valence-electron chi connectivity index (χ4n) is 1.07. The minimum Gasteiger partial charge on any atom is -0.325 e. The van der Waals surface area contributed by atoms with Crippen LogP contribution in [0.5, 0.6) is 0 Å². The third-order valence-electron chi connectivity index (χ3n) is 1.85. The highest BCUT2D eigenvalue weighted by Crippen LogP contribution is 2.15. The minimum atomic E-state index is -0.159. The van der Waals surface area contributed by atoms with Crippen molar-refractivity contribution < 1.29 is 4.79 Å². The summed E-state index contributed by atoms with van der Waals surface area (Å²) in [7, 11) is 0. The van der Waals surface area contributed by atoms with Crippen molar-refractivity contribution >= 4 is 11.6 Å². The molecule has 70 valence electrons. The van der Waals surface area contributed by atoms with Gasteiger partial charge in [0.1, 0.15) is 0 Å². The van der Waals surface area contributed by atoms with Gasteiger partial charge in [-0.3, -0.25) is 4.79 Å². The number of aryl methyl sites for hydroxylation is 2. The average molecular weight is 178 g/mol. The number of rotatable bonds is 2. The van der Waals surface area contributed by atoms with E-state index in [0.29, 0.717) is 0 Å². The van der Waals surface area contributed by atoms with Crippen molar-refractivity contribution in [2.45, 2.75) is 13.8 Å². The summed E-state index contributed by atoms with van der Waals surface area (Å²) < 4.78 is 0. The van der Waals surface area contributed by atoms with Crippen molar-refractivity contribution in [3.05, 3.63) is 29.3 Å². The Morgan fingerprint density at radius 3 is 2.77 bits per heavy atom. The summed E-state index contributed by atoms with van der Waals surface area (Å²) in [6.45, 7) is 3.95. The summed E-state index contributed by atoms with van der Waals surface area (Å²) in [4.78, 5) is 11.0. The molecule has 0 saturated heterocycles. The van der Waals surface area contributed by atoms with Crippen molar-refractivity contribution in [2.24, 2.45) is 5.73 Å². The molecule has 0 spiro atoms. The maximum atomic E-state index is 11.0. The van der Waals surface area contributed by atoms with Crippen molar-refractivity contribution in [3.8, 4) is 0 Å². The Balaban J connectivity index is 2.87. The van der Waals surface area contributed by atoms with E-state index in [1.807, 2.05) is 32.0 Å². The largest absolute Gasteiger partial charge is 0.325 e. The first-order chi connectivity index (χ1) is 6.13. The number of amides is 1. The van der Waals surface area contributed by atoms with Crippen LogP contribution in [0.25, 0.3) is 0 Å². The number of nitrogens with two attached hydrogens (primary N) is 1. The molecule has 0 heterocycles. The third-order valence-corrected chi connectivity index (χ3v) is 1.85. The van der Waals surface area contributed by atoms with Crippen molar-refractivity contribution in [3.63, 3.8) is 0 Å². The van der Waals surface area contributed by atoms with Gasteiger partial charge in [-0.1, -0.05) is 12.1 Å². The van der Waals surface area contributed by atoms with Crippen LogP contribution in [0.1, 0.15) is 11.1 Å². The second-order valence-electron chi connectivity index (χ2n) is 3.07. The fraction of sp³-hybridized carbons (Fsp3) is 0.300. The van der Waals surface area contributed by atoms with Crippen LogP contribution in [-0.4, -0.2) is 12.5 Å². The average Bonchev–Trinajstić information content (AvgIpc) is 2.11. The first-order valence-corrected chi connectivity index (χ1v) is 4.20. The zero-order valence-electron chi connectivity index (χ0n) is 7.92. The van der Waals surface area contributed by atoms with Crippen molar-refractivity contribution in [1.29, 1.82) is 0 Å². The Bertz CT molecular complexity index is 321. The van der Waals surface area contributed by atoms with E-state index in [9.17, 15) is 4.79 Å². The SMILES string of the molecule is Cc1ccc(C)c(NC(=O)CN)c1. The molecule has 0 aromatic heterocycles. The van der Waals surface area contributed by atoms with Gasteiger partial charge in [0.05, 0.1) is 6.54 Å². The molecule has 0 radical (unpaired) electrons. The van der Waals surface area contributed by atoms with Crippen LogP contribution in [0.2, 0.25) is 0 Å². The Hall–Kier alpha value is -1.35. The number of hydrogen-bond acceptors (Lipinski definition) is 2. The Labute approximate surface area is 77.9 Å². The summed E-state index contributed by atoms with van der Waals surface area (Å²) in [5.41, 5.74) is 8.21. The fourth-order valence-corrected chi connectivity index (χ4v) is 1.07. The quantitative estimate of drug-likeness (QED) is 0.715. The van der Waals surface area contributed by atoms with Gasteiger partial charge in [-0.2, -0.15) is 0 Å². The van der Waals surface area contributed by atoms with Crippen LogP contribution in [-0.2, 0) is 4.79 Å². The molecule has 1 rings (SSSR count). The summed E-state index contributed by atoms with van der Waals surface area (Å²) >= 11 is 0. The molecule has 1 aromatic carbocycles. The van der Waals surface area contributed by atoms with Gasteiger partial charge in [-0.15, -0.1) is 0 Å². The van der Waals surface area contributed by atoms with E-state index in [1.54, 1.807) is 0 Å². The number of benzene rings is 1. The lowest BCUT2D eigenvalue weighted by atomic mass is 10.1. The summed E-state index contributed by atoms with van der Waals surface area (Å²) in [6.07, 6.45) is 0. The molecule has 3 N–H and O–H groups in total. The van der Waals surface area contributed by atoms with Gasteiger partial charge in [0, 0.05) is 5.69 Å². The van der Waals surface area contributed by atoms with Crippen LogP contribution >= 0.6 is 0 Å². The van der Waals surface area contributed by atoms with E-state index in [4.69, 9.17) is 5.73 Å². The van der Waals surface area contributed by atoms with Gasteiger partial charge in [-0.05, 0) is 31.0 Å². The standard InChI is InChI=1S/C10H14N2O/c1-7-3-4-8(2)9(5-7)12-10(13)6-11/h3-5H,6,11H2,1-2H3,(H,12,13). The molecule has 3 nitrogen and oxygen atoms in total. The number of hydrogen-bond donors (Lipinski definition) is 2. The second kappa shape index (κ2) is 4.05. The smallest absolute Gasteiger partial charge is 0.238 e. The molecule has 0 bridgehead atoms. The molecule has 0 aliphatic heterocycles. The van der Waals surface area contributed by atoms with E-state index < -0.39 is 0 Å². The third kappa shape index (κ3) is 2.56. The van der Waals surface area contributed by atoms with E-state index in [2.05, 4.69) is 5.32 Å². The van der Waals surface area contributed by atoms with Gasteiger partial charge >= 0.3 is 0 Å². The molecular weight excluding hydrogens is 164 g/mol. The molecule has 0 atom stereocenters. The number of carbonyl (C=O) groups excluding carboxylic acids is 1. The molecular formula is C10H14N2O. The highest BCUT2D eigenvalue weighted by molar-refractivity contribution is 5.92. The molecule has 0 aliphatic rings. The normalized spacial score (nSPS) is 9.77. The highest BCUT2D eigenvalue weighted by atomic mass is 16.1. The molecule has 0 unspecified atom stereocenters. The number of carbonyl (C=O) groups is 1. The monoisotopic (exact) mass is 178 g/mol. The maximum absolute atomic E-state index is 11.0. The lowest BCUT2D eigenvalue weighted by Gasteiger charge is -2.07. The molecule has 0 saturated carbocycles. The highest BCUT2D eigenvalue weighted by Gasteiger charge is 2.01. The van der Waals surface area contributed by atoms with Crippen molar-refractivity contribution in [1.82, 2.24) is 0 Å². The predicted octanol–water partition coefficient (Wildman–Crippen LogP) is 1.20. The molecule has 3 heteroatoms. The molecule has 0 aliphatic carbocycles. The lowest BCUT2D eigenvalue weighted by molar-refractivity contribution is -0.114. The van der Waals surface area contributed by atoms with Gasteiger partial charge in [0.2, 0.25) is 5.91 Å². The summed E-state index contributed by atoms with van der Waals surface area (Å²) in [5.74, 6) is -0.159. The van der Waals surface area contributed by atoms with E-state index >= 15 is 0 Å². The summed E-state index contributed by atoms with van der Waals surface area (Å²) in [5, 5.41) is 2.74. The second-order valence-corrected chi connectivity index (χ2v) is 3.07. The maximum Gasteiger partial charge on any atom is 0.238 e. The molecule has 1 amide bonds. The summed E-state index contributed by atoms with van der Waals surface area (Å²) in [6, 6.07) is 5.91. The first kappa shape index (κ1) is 9.74. The number of anilines is 1. The van der Waals surface area contributed by atoms with Crippen LogP contribution in [0, 0.1) is 13.8 Å². The Kier molecular flexibility index (Phi) is 3.03. The van der Waals surface area contributed by atoms with Crippen molar-refractivity contribution in [2.75, 3.05) is 11.9 Å². The first-order valence-electron chi connectivity index (χ1n) is 4.20. The van der Waals surface area contributed by atoms with Gasteiger partial charge < -0.3 is 11.1 Å². The topological polar surface area (TPSA) is 55.1 Å². The van der Waals surface area contributed by atoms with Crippen LogP contribution in [0.3, 0.4) is 0 Å². The molecule has 13 heavy (non-hydrogen) atoms. The van der Waals surface area contributed by atoms with Crippen LogP contribution in [0.15, 0.2) is 18.2 Å². The van der Waals surface area contributed by atoms with E-state index in [1.165, 1.54) is 0 Å². The minimum absolute atomic E-state index is 0.0212. The van der Waals surface area contributed by atoms with Gasteiger partial charge in [0.15, 0.2) is 0 Å². The predicted molar refractivity (Wildman–Crippen MR) is 53.6 cm³/mol. The Morgan fingerprint density at radius 2 is 2.15 bits per heavy atom. The van der Waals surface area contributed by atoms with Gasteiger partial charge in [0.25, 0.3) is 0 Å². The Morgan fingerprint density at radius 1 is 1.46 bits per heavy atom. The lowest BCUT2D eigenvalue weighted by Crippen LogP contribution is -2.22. The molecule has 1 aromatic rings. The van der Waals surface area contributed by atoms with Crippen LogP contribution in [0.4, 0.5) is 5.69 Å².